The summed E-state index contributed by atoms with van der Waals surface area (Å²) in [5, 5.41) is 5.97. The van der Waals surface area contributed by atoms with E-state index in [0.29, 0.717) is 11.6 Å². The molecular formula is C15H26N4O3. The van der Waals surface area contributed by atoms with Gasteiger partial charge in [0.15, 0.2) is 5.71 Å². The maximum Gasteiger partial charge on any atom is 0.433 e. The summed E-state index contributed by atoms with van der Waals surface area (Å²) in [6, 6.07) is 0.189. The third-order valence-corrected chi connectivity index (χ3v) is 3.80. The van der Waals surface area contributed by atoms with Gasteiger partial charge in [0.05, 0.1) is 11.8 Å². The maximum absolute atomic E-state index is 12.2. The fourth-order valence-electron chi connectivity index (χ4n) is 2.40. The van der Waals surface area contributed by atoms with E-state index in [1.165, 1.54) is 18.4 Å². The smallest absolute Gasteiger partial charge is 0.343 e. The first kappa shape index (κ1) is 18.1. The third kappa shape index (κ3) is 5.13. The lowest BCUT2D eigenvalue weighted by molar-refractivity contribution is -0.121. The molecule has 0 radical (unpaired) electrons. The van der Waals surface area contributed by atoms with Crippen LogP contribution in [0.3, 0.4) is 0 Å². The highest BCUT2D eigenvalue weighted by molar-refractivity contribution is 6.66. The second-order valence-electron chi connectivity index (χ2n) is 5.81. The highest BCUT2D eigenvalue weighted by Gasteiger charge is 2.24. The van der Waals surface area contributed by atoms with E-state index in [9.17, 15) is 9.59 Å². The number of carbonyl (C=O) groups is 2. The first-order valence-corrected chi connectivity index (χ1v) is 7.60. The number of hydrogen-bond donors (Lipinski definition) is 1. The maximum atomic E-state index is 12.2. The quantitative estimate of drug-likeness (QED) is 0.488. The summed E-state index contributed by atoms with van der Waals surface area (Å²) in [5.41, 5.74) is 0.563. The van der Waals surface area contributed by atoms with Crippen LogP contribution < -0.4 is 5.32 Å². The Hall–Kier alpha value is -1.92. The van der Waals surface area contributed by atoms with E-state index in [0.717, 1.165) is 19.3 Å². The number of oxime groups is 1. The average molecular weight is 310 g/mol. The number of rotatable bonds is 4. The zero-order valence-electron chi connectivity index (χ0n) is 14.0. The molecule has 0 aromatic rings. The zero-order valence-corrected chi connectivity index (χ0v) is 14.0. The molecule has 1 fully saturated rings. The van der Waals surface area contributed by atoms with Crippen LogP contribution in [0.1, 0.15) is 39.5 Å². The van der Waals surface area contributed by atoms with Gasteiger partial charge in [0.1, 0.15) is 0 Å². The molecule has 2 atom stereocenters. The Kier molecular flexibility index (Phi) is 7.01. The summed E-state index contributed by atoms with van der Waals surface area (Å²) in [6.07, 6.45) is 3.81. The van der Waals surface area contributed by atoms with Crippen molar-refractivity contribution in [3.05, 3.63) is 0 Å². The van der Waals surface area contributed by atoms with E-state index in [4.69, 9.17) is 0 Å². The zero-order chi connectivity index (χ0) is 16.7. The summed E-state index contributed by atoms with van der Waals surface area (Å²) in [7, 11) is 4.67. The van der Waals surface area contributed by atoms with Gasteiger partial charge in [-0.3, -0.25) is 14.6 Å². The minimum absolute atomic E-state index is 0.0615. The summed E-state index contributed by atoms with van der Waals surface area (Å²) in [5.74, 6) is 0.146. The molecule has 1 N–H and O–H groups in total. The number of aliphatic imine (C=N–C) groups is 1. The van der Waals surface area contributed by atoms with Gasteiger partial charge in [0.2, 0.25) is 0 Å². The van der Waals surface area contributed by atoms with E-state index < -0.39 is 6.09 Å². The molecule has 7 nitrogen and oxygen atoms in total. The van der Waals surface area contributed by atoms with Gasteiger partial charge in [-0.1, -0.05) is 24.9 Å². The molecule has 1 aliphatic rings. The van der Waals surface area contributed by atoms with Crippen molar-refractivity contribution < 1.29 is 14.4 Å². The summed E-state index contributed by atoms with van der Waals surface area (Å²) in [6.45, 7) is 3.90. The molecule has 1 rings (SSSR count). The first-order valence-electron chi connectivity index (χ1n) is 7.60. The second-order valence-corrected chi connectivity index (χ2v) is 5.81. The van der Waals surface area contributed by atoms with Gasteiger partial charge in [0, 0.05) is 21.1 Å². The molecule has 0 saturated heterocycles. The summed E-state index contributed by atoms with van der Waals surface area (Å²) in [4.78, 5) is 34.1. The first-order chi connectivity index (χ1) is 10.4. The van der Waals surface area contributed by atoms with Crippen molar-refractivity contribution in [2.24, 2.45) is 16.1 Å². The van der Waals surface area contributed by atoms with Gasteiger partial charge in [-0.25, -0.2) is 4.79 Å². The lowest BCUT2D eigenvalue weighted by atomic mass is 9.86. The molecule has 0 spiro atoms. The largest absolute Gasteiger partial charge is 0.433 e. The molecule has 0 aromatic heterocycles. The van der Waals surface area contributed by atoms with Gasteiger partial charge in [-0.2, -0.15) is 0 Å². The standard InChI is InChI=1S/C15H26N4O3/c1-10-8-6-7-9-12(10)17-11(2)13(14(20)19(4)5)18-22-15(21)16-3/h10,12H,6-9H2,1-5H3,(H,16,21). The molecule has 0 aromatic carbocycles. The fraction of sp³-hybridized carbons (Fsp3) is 0.733. The van der Waals surface area contributed by atoms with E-state index in [-0.39, 0.29) is 17.7 Å². The molecule has 0 bridgehead atoms. The van der Waals surface area contributed by atoms with E-state index in [1.807, 2.05) is 0 Å². The monoisotopic (exact) mass is 310 g/mol. The predicted octanol–water partition coefficient (Wildman–Crippen LogP) is 1.83. The van der Waals surface area contributed by atoms with Crippen LogP contribution in [-0.4, -0.2) is 55.5 Å². The molecule has 22 heavy (non-hydrogen) atoms. The van der Waals surface area contributed by atoms with Crippen molar-refractivity contribution in [2.45, 2.75) is 45.6 Å². The predicted molar refractivity (Wildman–Crippen MR) is 86.2 cm³/mol. The number of hydrogen-bond acceptors (Lipinski definition) is 5. The van der Waals surface area contributed by atoms with Crippen molar-refractivity contribution in [3.63, 3.8) is 0 Å². The third-order valence-electron chi connectivity index (χ3n) is 3.80. The second kappa shape index (κ2) is 8.51. The highest BCUT2D eigenvalue weighted by atomic mass is 16.7. The van der Waals surface area contributed by atoms with Gasteiger partial charge in [-0.05, 0) is 25.7 Å². The van der Waals surface area contributed by atoms with Gasteiger partial charge in [-0.15, -0.1) is 0 Å². The Bertz CT molecular complexity index is 471. The molecule has 124 valence electrons. The Labute approximate surface area is 131 Å². The molecule has 0 heterocycles. The molecule has 0 aliphatic heterocycles. The van der Waals surface area contributed by atoms with Crippen molar-refractivity contribution in [1.29, 1.82) is 0 Å². The van der Waals surface area contributed by atoms with Crippen LogP contribution in [0, 0.1) is 5.92 Å². The minimum Gasteiger partial charge on any atom is -0.343 e. The number of amides is 2. The van der Waals surface area contributed by atoms with Gasteiger partial charge < -0.3 is 10.2 Å². The van der Waals surface area contributed by atoms with Crippen molar-refractivity contribution in [3.8, 4) is 0 Å². The van der Waals surface area contributed by atoms with E-state index in [1.54, 1.807) is 21.0 Å². The summed E-state index contributed by atoms with van der Waals surface area (Å²) < 4.78 is 0. The van der Waals surface area contributed by atoms with Crippen LogP contribution in [0.15, 0.2) is 10.1 Å². The molecule has 2 amide bonds. The van der Waals surface area contributed by atoms with E-state index >= 15 is 0 Å². The SMILES string of the molecule is CNC(=O)ON=C(C(=O)N(C)C)C(C)=NC1CCCCC1C. The normalized spacial score (nSPS) is 23.0. The Morgan fingerprint density at radius 3 is 2.41 bits per heavy atom. The lowest BCUT2D eigenvalue weighted by Gasteiger charge is -2.26. The van der Waals surface area contributed by atoms with Crippen molar-refractivity contribution >= 4 is 23.4 Å². The van der Waals surface area contributed by atoms with Crippen LogP contribution >= 0.6 is 0 Å². The van der Waals surface area contributed by atoms with E-state index in [2.05, 4.69) is 27.2 Å². The Morgan fingerprint density at radius 2 is 1.86 bits per heavy atom. The molecule has 1 saturated carbocycles. The molecule has 7 heteroatoms. The molecule has 1 aliphatic carbocycles. The lowest BCUT2D eigenvalue weighted by Crippen LogP contribution is -2.36. The van der Waals surface area contributed by atoms with Crippen LogP contribution in [0.2, 0.25) is 0 Å². The molecule has 2 unspecified atom stereocenters. The minimum atomic E-state index is -0.720. The van der Waals surface area contributed by atoms with Crippen LogP contribution in [0.25, 0.3) is 0 Å². The number of carbonyl (C=O) groups excluding carboxylic acids is 2. The van der Waals surface area contributed by atoms with Crippen LogP contribution in [-0.2, 0) is 9.63 Å². The highest BCUT2D eigenvalue weighted by Crippen LogP contribution is 2.26. The number of nitrogens with zero attached hydrogens (tertiary/aromatic N) is 3. The van der Waals surface area contributed by atoms with Crippen molar-refractivity contribution in [1.82, 2.24) is 10.2 Å². The fourth-order valence-corrected chi connectivity index (χ4v) is 2.40. The van der Waals surface area contributed by atoms with Crippen LogP contribution in [0.5, 0.6) is 0 Å². The van der Waals surface area contributed by atoms with Crippen LogP contribution in [0.4, 0.5) is 4.79 Å². The van der Waals surface area contributed by atoms with Crippen molar-refractivity contribution in [2.75, 3.05) is 21.1 Å². The average Bonchev–Trinajstić information content (AvgIpc) is 2.49. The topological polar surface area (TPSA) is 83.4 Å². The Balaban J connectivity index is 2.98. The van der Waals surface area contributed by atoms with Gasteiger partial charge >= 0.3 is 6.09 Å². The Morgan fingerprint density at radius 1 is 1.23 bits per heavy atom. The number of nitrogens with one attached hydrogen (secondary N) is 1. The van der Waals surface area contributed by atoms with Gasteiger partial charge in [0.25, 0.3) is 5.91 Å². The molecular weight excluding hydrogens is 284 g/mol. The summed E-state index contributed by atoms with van der Waals surface area (Å²) >= 11 is 0.